The van der Waals surface area contributed by atoms with Crippen LogP contribution in [0.3, 0.4) is 0 Å². The first-order valence-corrected chi connectivity index (χ1v) is 14.1. The lowest BCUT2D eigenvalue weighted by molar-refractivity contribution is -0.185. The molecule has 6 rings (SSSR count). The van der Waals surface area contributed by atoms with Crippen LogP contribution >= 0.6 is 0 Å². The molecule has 3 fully saturated rings. The number of fused-ring (bicyclic) bond motifs is 1. The zero-order valence-corrected chi connectivity index (χ0v) is 23.1. The van der Waals surface area contributed by atoms with E-state index in [9.17, 15) is 4.79 Å². The van der Waals surface area contributed by atoms with E-state index in [1.165, 1.54) is 0 Å². The van der Waals surface area contributed by atoms with Crippen LogP contribution in [0.4, 0.5) is 0 Å². The number of rotatable bonds is 11. The molecule has 3 aliphatic rings. The maximum atomic E-state index is 13.7. The molecule has 7 nitrogen and oxygen atoms in total. The van der Waals surface area contributed by atoms with E-state index in [-0.39, 0.29) is 42.2 Å². The second-order valence-electron chi connectivity index (χ2n) is 11.2. The van der Waals surface area contributed by atoms with Crippen LogP contribution in [0.5, 0.6) is 0 Å². The van der Waals surface area contributed by atoms with Gasteiger partial charge < -0.3 is 28.6 Å². The molecule has 1 amide bonds. The van der Waals surface area contributed by atoms with Gasteiger partial charge in [0.25, 0.3) is 0 Å². The van der Waals surface area contributed by atoms with Crippen LogP contribution in [0.1, 0.15) is 30.5 Å². The standard InChI is InChI=1S/C33H37NO6/c1-33(2)39-22-27(40-33)28-29-31(38-20-25-16-10-5-11-17-25)30(37-19-24-14-8-4-9-15-24)26(34(29)32(28)35)21-36-18-23-12-6-3-7-13-23/h3-17,26-31H,18-22H2,1-2H3/t26-,27+,28-,29-,30-,31-/m0/s1. The summed E-state index contributed by atoms with van der Waals surface area (Å²) in [4.78, 5) is 15.7. The Balaban J connectivity index is 1.26. The molecule has 210 valence electrons. The van der Waals surface area contributed by atoms with Crippen molar-refractivity contribution in [1.29, 1.82) is 0 Å². The average Bonchev–Trinajstić information content (AvgIpc) is 3.46. The molecule has 3 aliphatic heterocycles. The van der Waals surface area contributed by atoms with E-state index < -0.39 is 5.79 Å². The molecule has 3 saturated heterocycles. The van der Waals surface area contributed by atoms with Crippen molar-refractivity contribution < 1.29 is 28.5 Å². The zero-order chi connectivity index (χ0) is 27.5. The minimum Gasteiger partial charge on any atom is -0.375 e. The summed E-state index contributed by atoms with van der Waals surface area (Å²) < 4.78 is 31.5. The molecule has 0 aromatic heterocycles. The summed E-state index contributed by atoms with van der Waals surface area (Å²) in [7, 11) is 0. The van der Waals surface area contributed by atoms with Crippen LogP contribution < -0.4 is 0 Å². The summed E-state index contributed by atoms with van der Waals surface area (Å²) >= 11 is 0. The summed E-state index contributed by atoms with van der Waals surface area (Å²) in [5, 5.41) is 0. The first-order chi connectivity index (χ1) is 19.5. The number of hydrogen-bond donors (Lipinski definition) is 0. The third-order valence-electron chi connectivity index (χ3n) is 8.03. The lowest BCUT2D eigenvalue weighted by atomic mass is 9.82. The Kier molecular flexibility index (Phi) is 8.01. The Hall–Kier alpha value is -3.07. The van der Waals surface area contributed by atoms with Crippen molar-refractivity contribution in [3.8, 4) is 0 Å². The van der Waals surface area contributed by atoms with Gasteiger partial charge in [-0.2, -0.15) is 0 Å². The van der Waals surface area contributed by atoms with E-state index in [1.807, 2.05) is 110 Å². The summed E-state index contributed by atoms with van der Waals surface area (Å²) in [6.07, 6.45) is -1.04. The largest absolute Gasteiger partial charge is 0.375 e. The Morgan fingerprint density at radius 3 is 1.82 bits per heavy atom. The predicted molar refractivity (Wildman–Crippen MR) is 149 cm³/mol. The molecule has 7 heteroatoms. The highest BCUT2D eigenvalue weighted by Gasteiger charge is 2.67. The quantitative estimate of drug-likeness (QED) is 0.326. The Morgan fingerprint density at radius 2 is 1.30 bits per heavy atom. The minimum atomic E-state index is -0.716. The van der Waals surface area contributed by atoms with Crippen molar-refractivity contribution in [3.05, 3.63) is 108 Å². The number of amides is 1. The second kappa shape index (κ2) is 11.8. The SMILES string of the molecule is CC1(C)OC[C@H]([C@@H]2C(=O)N3[C@@H]2[C@H](OCc2ccccc2)[C@@H](OCc2ccccc2)[C@@H]3COCc2ccccc2)O1. The Bertz CT molecular complexity index is 1250. The zero-order valence-electron chi connectivity index (χ0n) is 23.1. The van der Waals surface area contributed by atoms with Crippen molar-refractivity contribution in [2.75, 3.05) is 13.2 Å². The molecule has 0 aliphatic carbocycles. The van der Waals surface area contributed by atoms with Gasteiger partial charge >= 0.3 is 0 Å². The topological polar surface area (TPSA) is 66.5 Å². The molecule has 0 bridgehead atoms. The van der Waals surface area contributed by atoms with Crippen LogP contribution in [0, 0.1) is 5.92 Å². The van der Waals surface area contributed by atoms with Crippen molar-refractivity contribution in [2.24, 2.45) is 5.92 Å². The fourth-order valence-electron chi connectivity index (χ4n) is 6.13. The third kappa shape index (κ3) is 5.71. The van der Waals surface area contributed by atoms with Crippen molar-refractivity contribution >= 4 is 5.91 Å². The molecule has 3 aromatic carbocycles. The number of benzene rings is 3. The van der Waals surface area contributed by atoms with Gasteiger partial charge in [-0.05, 0) is 30.5 Å². The normalized spacial score (nSPS) is 28.9. The van der Waals surface area contributed by atoms with E-state index in [0.717, 1.165) is 16.7 Å². The first kappa shape index (κ1) is 27.1. The van der Waals surface area contributed by atoms with E-state index >= 15 is 0 Å². The van der Waals surface area contributed by atoms with Crippen LogP contribution in [0.2, 0.25) is 0 Å². The fourth-order valence-corrected chi connectivity index (χ4v) is 6.13. The van der Waals surface area contributed by atoms with Gasteiger partial charge in [0.1, 0.15) is 12.2 Å². The minimum absolute atomic E-state index is 0.0451. The highest BCUT2D eigenvalue weighted by atomic mass is 16.7. The number of carbonyl (C=O) groups excluding carboxylic acids is 1. The number of hydrogen-bond acceptors (Lipinski definition) is 6. The summed E-state index contributed by atoms with van der Waals surface area (Å²) in [6.45, 7) is 5.80. The lowest BCUT2D eigenvalue weighted by Gasteiger charge is -2.48. The molecule has 0 N–H and O–H groups in total. The van der Waals surface area contributed by atoms with Crippen LogP contribution in [-0.4, -0.2) is 60.2 Å². The molecule has 0 unspecified atom stereocenters. The van der Waals surface area contributed by atoms with Gasteiger partial charge in [0.05, 0.1) is 57.1 Å². The number of ether oxygens (including phenoxy) is 5. The first-order valence-electron chi connectivity index (χ1n) is 14.1. The van der Waals surface area contributed by atoms with Gasteiger partial charge in [-0.15, -0.1) is 0 Å². The lowest BCUT2D eigenvalue weighted by Crippen LogP contribution is -2.67. The van der Waals surface area contributed by atoms with Crippen LogP contribution in [0.15, 0.2) is 91.0 Å². The summed E-state index contributed by atoms with van der Waals surface area (Å²) in [5.74, 6) is -1.03. The smallest absolute Gasteiger partial charge is 0.231 e. The van der Waals surface area contributed by atoms with Crippen LogP contribution in [-0.2, 0) is 48.3 Å². The molecule has 6 atom stereocenters. The van der Waals surface area contributed by atoms with Crippen LogP contribution in [0.25, 0.3) is 0 Å². The predicted octanol–water partition coefficient (Wildman–Crippen LogP) is 4.73. The fraction of sp³-hybridized carbons (Fsp3) is 0.424. The van der Waals surface area contributed by atoms with Gasteiger partial charge in [-0.3, -0.25) is 4.79 Å². The number of carbonyl (C=O) groups is 1. The maximum Gasteiger partial charge on any atom is 0.231 e. The second-order valence-corrected chi connectivity index (χ2v) is 11.2. The average molecular weight is 544 g/mol. The maximum absolute atomic E-state index is 13.7. The highest BCUT2D eigenvalue weighted by Crippen LogP contribution is 2.47. The molecule has 3 aromatic rings. The molecular weight excluding hydrogens is 506 g/mol. The third-order valence-corrected chi connectivity index (χ3v) is 8.03. The van der Waals surface area contributed by atoms with E-state index in [1.54, 1.807) is 0 Å². The van der Waals surface area contributed by atoms with Gasteiger partial charge in [0.15, 0.2) is 5.79 Å². The summed E-state index contributed by atoms with van der Waals surface area (Å²) in [5.41, 5.74) is 3.23. The van der Waals surface area contributed by atoms with Crippen molar-refractivity contribution in [3.63, 3.8) is 0 Å². The molecule has 0 spiro atoms. The van der Waals surface area contributed by atoms with Gasteiger partial charge in [0, 0.05) is 0 Å². The monoisotopic (exact) mass is 543 g/mol. The van der Waals surface area contributed by atoms with Crippen molar-refractivity contribution in [2.45, 2.75) is 69.9 Å². The number of nitrogens with zero attached hydrogens (tertiary/aromatic N) is 1. The van der Waals surface area contributed by atoms with Crippen molar-refractivity contribution in [1.82, 2.24) is 4.90 Å². The highest BCUT2D eigenvalue weighted by molar-refractivity contribution is 5.88. The Morgan fingerprint density at radius 1 is 0.775 bits per heavy atom. The van der Waals surface area contributed by atoms with Gasteiger partial charge in [-0.1, -0.05) is 91.0 Å². The van der Waals surface area contributed by atoms with E-state index in [4.69, 9.17) is 23.7 Å². The molecular formula is C33H37NO6. The van der Waals surface area contributed by atoms with Gasteiger partial charge in [-0.25, -0.2) is 0 Å². The number of β-lactam (4-membered cyclic amide) rings is 1. The molecule has 3 heterocycles. The van der Waals surface area contributed by atoms with E-state index in [2.05, 4.69) is 0 Å². The van der Waals surface area contributed by atoms with Gasteiger partial charge in [0.2, 0.25) is 5.91 Å². The summed E-state index contributed by atoms with van der Waals surface area (Å²) in [6, 6.07) is 29.8. The van der Waals surface area contributed by atoms with E-state index in [0.29, 0.717) is 33.0 Å². The molecule has 0 radical (unpaired) electrons. The molecule has 40 heavy (non-hydrogen) atoms. The molecule has 0 saturated carbocycles. The Labute approximate surface area is 235 Å².